The first-order valence-corrected chi connectivity index (χ1v) is 10.5. The van der Waals surface area contributed by atoms with E-state index in [1.54, 1.807) is 7.11 Å². The van der Waals surface area contributed by atoms with E-state index in [9.17, 15) is 14.4 Å². The lowest BCUT2D eigenvalue weighted by Gasteiger charge is -2.19. The Hall–Kier alpha value is -3.39. The van der Waals surface area contributed by atoms with Crippen molar-refractivity contribution in [2.75, 3.05) is 13.7 Å². The number of carboxylic acids is 1. The van der Waals surface area contributed by atoms with Crippen molar-refractivity contribution in [3.63, 3.8) is 0 Å². The summed E-state index contributed by atoms with van der Waals surface area (Å²) in [6.45, 7) is 1.93. The molecule has 0 heterocycles. The van der Waals surface area contributed by atoms with E-state index in [2.05, 4.69) is 10.6 Å². The third kappa shape index (κ3) is 4.31. The normalized spacial score (nSPS) is 21.8. The highest BCUT2D eigenvalue weighted by molar-refractivity contribution is 5.89. The number of carboxylic acid groups (broad SMARTS) is 1. The van der Waals surface area contributed by atoms with Crippen molar-refractivity contribution in [3.8, 4) is 11.1 Å². The molecule has 3 atom stereocenters. The summed E-state index contributed by atoms with van der Waals surface area (Å²) in [4.78, 5) is 36.3. The van der Waals surface area contributed by atoms with Crippen molar-refractivity contribution in [2.45, 2.75) is 43.4 Å². The predicted molar refractivity (Wildman–Crippen MR) is 116 cm³/mol. The standard InChI is InChI=1S/C24H26N2O6/c1-24(31-2)12-20(24)26-22(29)19(11-21(27)28)25-23(30)32-13-18-16-9-5-3-7-14(16)15-8-4-6-10-17(15)18/h3-10,18-20H,11-13H2,1-2H3,(H,25,30)(H,26,29)(H,27,28). The van der Waals surface area contributed by atoms with Gasteiger partial charge in [-0.2, -0.15) is 0 Å². The van der Waals surface area contributed by atoms with Gasteiger partial charge >= 0.3 is 12.1 Å². The molecule has 8 heteroatoms. The zero-order valence-corrected chi connectivity index (χ0v) is 18.0. The monoisotopic (exact) mass is 438 g/mol. The van der Waals surface area contributed by atoms with Gasteiger partial charge in [0.05, 0.1) is 18.1 Å². The minimum atomic E-state index is -1.25. The van der Waals surface area contributed by atoms with Crippen LogP contribution in [0.15, 0.2) is 48.5 Å². The molecule has 0 aromatic heterocycles. The highest BCUT2D eigenvalue weighted by Crippen LogP contribution is 2.44. The Bertz CT molecular complexity index is 1010. The number of methoxy groups -OCH3 is 1. The average molecular weight is 438 g/mol. The fourth-order valence-electron chi connectivity index (χ4n) is 4.21. The number of hydrogen-bond acceptors (Lipinski definition) is 5. The van der Waals surface area contributed by atoms with Crippen LogP contribution in [0.3, 0.4) is 0 Å². The highest BCUT2D eigenvalue weighted by Gasteiger charge is 2.52. The van der Waals surface area contributed by atoms with Crippen LogP contribution < -0.4 is 10.6 Å². The van der Waals surface area contributed by atoms with Crippen LogP contribution in [0.25, 0.3) is 11.1 Å². The molecule has 1 saturated carbocycles. The second-order valence-electron chi connectivity index (χ2n) is 8.40. The summed E-state index contributed by atoms with van der Waals surface area (Å²) in [5.41, 5.74) is 3.87. The van der Waals surface area contributed by atoms with Crippen LogP contribution in [-0.2, 0) is 19.1 Å². The Morgan fingerprint density at radius 2 is 1.69 bits per heavy atom. The molecule has 8 nitrogen and oxygen atoms in total. The summed E-state index contributed by atoms with van der Waals surface area (Å²) in [6.07, 6.45) is -0.759. The molecule has 32 heavy (non-hydrogen) atoms. The number of fused-ring (bicyclic) bond motifs is 3. The van der Waals surface area contributed by atoms with Crippen molar-refractivity contribution in [3.05, 3.63) is 59.7 Å². The molecule has 2 amide bonds. The van der Waals surface area contributed by atoms with Gasteiger partial charge in [0.1, 0.15) is 12.6 Å². The molecule has 0 radical (unpaired) electrons. The zero-order valence-electron chi connectivity index (χ0n) is 18.0. The number of rotatable bonds is 8. The summed E-state index contributed by atoms with van der Waals surface area (Å²) in [5.74, 6) is -1.91. The predicted octanol–water partition coefficient (Wildman–Crippen LogP) is 2.66. The first kappa shape index (κ1) is 21.8. The van der Waals surface area contributed by atoms with Gasteiger partial charge in [0, 0.05) is 19.4 Å². The smallest absolute Gasteiger partial charge is 0.407 e. The minimum Gasteiger partial charge on any atom is -0.481 e. The van der Waals surface area contributed by atoms with Gasteiger partial charge in [-0.1, -0.05) is 48.5 Å². The number of amides is 2. The van der Waals surface area contributed by atoms with Crippen molar-refractivity contribution >= 4 is 18.0 Å². The number of hydrogen-bond donors (Lipinski definition) is 3. The summed E-state index contributed by atoms with van der Waals surface area (Å²) in [6, 6.07) is 14.4. The molecular formula is C24H26N2O6. The zero-order chi connectivity index (χ0) is 22.9. The molecule has 2 aliphatic carbocycles. The van der Waals surface area contributed by atoms with Gasteiger partial charge < -0.3 is 25.2 Å². The van der Waals surface area contributed by atoms with Crippen molar-refractivity contribution in [2.24, 2.45) is 0 Å². The topological polar surface area (TPSA) is 114 Å². The third-order valence-electron chi connectivity index (χ3n) is 6.30. The van der Waals surface area contributed by atoms with Gasteiger partial charge in [0.25, 0.3) is 0 Å². The van der Waals surface area contributed by atoms with Crippen molar-refractivity contribution < 1.29 is 29.0 Å². The number of alkyl carbamates (subject to hydrolysis) is 1. The molecule has 2 aromatic rings. The maximum Gasteiger partial charge on any atom is 0.407 e. The summed E-state index contributed by atoms with van der Waals surface area (Å²) < 4.78 is 10.8. The van der Waals surface area contributed by atoms with Gasteiger partial charge in [0.15, 0.2) is 0 Å². The van der Waals surface area contributed by atoms with E-state index in [1.165, 1.54) is 0 Å². The quantitative estimate of drug-likeness (QED) is 0.584. The molecule has 3 N–H and O–H groups in total. The molecule has 168 valence electrons. The van der Waals surface area contributed by atoms with E-state index in [-0.39, 0.29) is 18.6 Å². The Labute approximate surface area is 185 Å². The minimum absolute atomic E-state index is 0.0750. The second kappa shape index (κ2) is 8.63. The van der Waals surface area contributed by atoms with E-state index < -0.39 is 36.0 Å². The molecule has 3 unspecified atom stereocenters. The van der Waals surface area contributed by atoms with Crippen LogP contribution in [0.1, 0.15) is 36.8 Å². The van der Waals surface area contributed by atoms with E-state index in [0.29, 0.717) is 6.42 Å². The number of benzene rings is 2. The number of carbonyl (C=O) groups is 3. The van der Waals surface area contributed by atoms with Crippen LogP contribution in [0.5, 0.6) is 0 Å². The Morgan fingerprint density at radius 1 is 1.09 bits per heavy atom. The van der Waals surface area contributed by atoms with Gasteiger partial charge in [-0.05, 0) is 29.2 Å². The van der Waals surface area contributed by atoms with Crippen molar-refractivity contribution in [1.29, 1.82) is 0 Å². The summed E-state index contributed by atoms with van der Waals surface area (Å²) >= 11 is 0. The van der Waals surface area contributed by atoms with Crippen LogP contribution in [0, 0.1) is 0 Å². The molecule has 0 bridgehead atoms. The van der Waals surface area contributed by atoms with E-state index in [0.717, 1.165) is 22.3 Å². The van der Waals surface area contributed by atoms with Crippen LogP contribution in [0.2, 0.25) is 0 Å². The first-order chi connectivity index (χ1) is 15.3. The van der Waals surface area contributed by atoms with Gasteiger partial charge in [0.2, 0.25) is 5.91 Å². The van der Waals surface area contributed by atoms with Crippen molar-refractivity contribution in [1.82, 2.24) is 10.6 Å². The number of aliphatic carboxylic acids is 1. The van der Waals surface area contributed by atoms with Gasteiger partial charge in [-0.25, -0.2) is 4.79 Å². The first-order valence-electron chi connectivity index (χ1n) is 10.5. The maximum atomic E-state index is 12.6. The fourth-order valence-corrected chi connectivity index (χ4v) is 4.21. The van der Waals surface area contributed by atoms with Crippen LogP contribution >= 0.6 is 0 Å². The number of carbonyl (C=O) groups excluding carboxylic acids is 2. The Balaban J connectivity index is 1.40. The average Bonchev–Trinajstić information content (AvgIpc) is 3.31. The lowest BCUT2D eigenvalue weighted by Crippen LogP contribution is -2.49. The van der Waals surface area contributed by atoms with E-state index >= 15 is 0 Å². The Morgan fingerprint density at radius 3 is 2.22 bits per heavy atom. The molecule has 2 aromatic carbocycles. The summed E-state index contributed by atoms with van der Waals surface area (Å²) in [5, 5.41) is 14.3. The van der Waals surface area contributed by atoms with Crippen LogP contribution in [0.4, 0.5) is 4.79 Å². The largest absolute Gasteiger partial charge is 0.481 e. The maximum absolute atomic E-state index is 12.6. The molecule has 0 saturated heterocycles. The Kier molecular flexibility index (Phi) is 5.88. The number of nitrogens with one attached hydrogen (secondary N) is 2. The van der Waals surface area contributed by atoms with Crippen LogP contribution in [-0.4, -0.2) is 54.5 Å². The molecule has 0 spiro atoms. The molecule has 2 aliphatic rings. The van der Waals surface area contributed by atoms with Gasteiger partial charge in [-0.3, -0.25) is 9.59 Å². The molecule has 0 aliphatic heterocycles. The lowest BCUT2D eigenvalue weighted by molar-refractivity contribution is -0.139. The second-order valence-corrected chi connectivity index (χ2v) is 8.40. The SMILES string of the molecule is COC1(C)CC1NC(=O)C(CC(=O)O)NC(=O)OCC1c2ccccc2-c2ccccc21. The van der Waals surface area contributed by atoms with E-state index in [1.807, 2.05) is 55.5 Å². The van der Waals surface area contributed by atoms with E-state index in [4.69, 9.17) is 14.6 Å². The third-order valence-corrected chi connectivity index (χ3v) is 6.30. The summed E-state index contributed by atoms with van der Waals surface area (Å²) in [7, 11) is 1.55. The molecule has 1 fully saturated rings. The fraction of sp³-hybridized carbons (Fsp3) is 0.375. The lowest BCUT2D eigenvalue weighted by atomic mass is 9.98. The number of ether oxygens (including phenoxy) is 2. The highest BCUT2D eigenvalue weighted by atomic mass is 16.5. The molecule has 4 rings (SSSR count). The van der Waals surface area contributed by atoms with Gasteiger partial charge in [-0.15, -0.1) is 0 Å². The molecular weight excluding hydrogens is 412 g/mol.